The molecule has 1 atom stereocenters. The van der Waals surface area contributed by atoms with E-state index in [9.17, 15) is 9.59 Å². The summed E-state index contributed by atoms with van der Waals surface area (Å²) in [5.74, 6) is -0.879. The lowest BCUT2D eigenvalue weighted by Gasteiger charge is -2.11. The van der Waals surface area contributed by atoms with Crippen LogP contribution in [-0.4, -0.2) is 31.1 Å². The molecule has 3 N–H and O–H groups in total. The topological polar surface area (TPSA) is 90.7 Å². The van der Waals surface area contributed by atoms with Gasteiger partial charge in [-0.05, 0) is 13.8 Å². The quantitative estimate of drug-likeness (QED) is 0.424. The molecular weight excluding hydrogens is 188 g/mol. The van der Waals surface area contributed by atoms with Crippen molar-refractivity contribution >= 4 is 11.9 Å². The van der Waals surface area contributed by atoms with Crippen molar-refractivity contribution in [2.24, 2.45) is 5.73 Å². The fraction of sp³-hybridized carbons (Fsp3) is 0.750. The van der Waals surface area contributed by atoms with Crippen molar-refractivity contribution in [2.75, 3.05) is 13.2 Å². The average molecular weight is 204 g/mol. The fourth-order valence-electron chi connectivity index (χ4n) is 0.767. The number of amides is 1. The Bertz CT molecular complexity index is 196. The lowest BCUT2D eigenvalue weighted by atomic mass is 10.2. The number of ether oxygens (including phenoxy) is 1. The largest absolute Gasteiger partial charge is 0.466 e. The van der Waals surface area contributed by atoms with E-state index in [1.165, 1.54) is 0 Å². The molecule has 14 heavy (non-hydrogen) atoms. The second kappa shape index (κ2) is 7.28. The van der Waals surface area contributed by atoms with E-state index in [1.54, 1.807) is 13.8 Å². The van der Waals surface area contributed by atoms with Gasteiger partial charge in [-0.2, -0.15) is 5.48 Å². The number of hydrogen-bond acceptors (Lipinski definition) is 5. The monoisotopic (exact) mass is 204 g/mol. The molecule has 0 aromatic heterocycles. The lowest BCUT2D eigenvalue weighted by molar-refractivity contribution is -0.144. The van der Waals surface area contributed by atoms with Crippen LogP contribution in [0.4, 0.5) is 0 Å². The molecule has 0 bridgehead atoms. The zero-order valence-corrected chi connectivity index (χ0v) is 8.41. The van der Waals surface area contributed by atoms with E-state index < -0.39 is 5.91 Å². The molecule has 0 spiro atoms. The van der Waals surface area contributed by atoms with E-state index in [1.807, 2.05) is 0 Å². The van der Waals surface area contributed by atoms with E-state index in [0.29, 0.717) is 6.61 Å². The molecule has 0 aromatic carbocycles. The smallest absolute Gasteiger partial charge is 0.307 e. The number of hydrogen-bond donors (Lipinski definition) is 2. The van der Waals surface area contributed by atoms with Crippen LogP contribution >= 0.6 is 0 Å². The fourth-order valence-corrected chi connectivity index (χ4v) is 0.767. The van der Waals surface area contributed by atoms with E-state index in [4.69, 9.17) is 15.3 Å². The SMILES string of the molecule is CCOC(=O)CC(C)NOCC(N)=O. The molecule has 0 aliphatic heterocycles. The van der Waals surface area contributed by atoms with Gasteiger partial charge in [-0.15, -0.1) is 0 Å². The Hall–Kier alpha value is -1.14. The molecule has 0 aromatic rings. The number of nitrogens with two attached hydrogens (primary N) is 1. The summed E-state index contributed by atoms with van der Waals surface area (Å²) in [6, 6.07) is -0.214. The van der Waals surface area contributed by atoms with Gasteiger partial charge in [0, 0.05) is 6.04 Å². The van der Waals surface area contributed by atoms with Crippen molar-refractivity contribution in [3.05, 3.63) is 0 Å². The van der Waals surface area contributed by atoms with Crippen LogP contribution in [0.25, 0.3) is 0 Å². The zero-order valence-electron chi connectivity index (χ0n) is 8.41. The van der Waals surface area contributed by atoms with Crippen LogP contribution in [-0.2, 0) is 19.2 Å². The lowest BCUT2D eigenvalue weighted by Crippen LogP contribution is -2.32. The number of esters is 1. The van der Waals surface area contributed by atoms with Crippen LogP contribution in [0.1, 0.15) is 20.3 Å². The van der Waals surface area contributed by atoms with Crippen LogP contribution in [0.3, 0.4) is 0 Å². The Morgan fingerprint density at radius 1 is 1.50 bits per heavy atom. The van der Waals surface area contributed by atoms with Crippen molar-refractivity contribution in [3.8, 4) is 0 Å². The van der Waals surface area contributed by atoms with Crippen molar-refractivity contribution in [1.82, 2.24) is 5.48 Å². The average Bonchev–Trinajstić information content (AvgIpc) is 2.03. The highest BCUT2D eigenvalue weighted by Crippen LogP contribution is 1.93. The summed E-state index contributed by atoms with van der Waals surface area (Å²) in [6.45, 7) is 3.61. The van der Waals surface area contributed by atoms with Gasteiger partial charge in [0.15, 0.2) is 0 Å². The summed E-state index contributed by atoms with van der Waals surface area (Å²) in [6.07, 6.45) is 0.187. The Kier molecular flexibility index (Phi) is 6.69. The Morgan fingerprint density at radius 3 is 2.64 bits per heavy atom. The van der Waals surface area contributed by atoms with Gasteiger partial charge < -0.3 is 10.5 Å². The standard InChI is InChI=1S/C8H16N2O4/c1-3-13-8(12)4-6(2)10-14-5-7(9)11/h6,10H,3-5H2,1-2H3,(H2,9,11). The van der Waals surface area contributed by atoms with Gasteiger partial charge in [0.2, 0.25) is 5.91 Å². The zero-order chi connectivity index (χ0) is 11.0. The predicted molar refractivity (Wildman–Crippen MR) is 49.0 cm³/mol. The number of carbonyl (C=O) groups is 2. The summed E-state index contributed by atoms with van der Waals surface area (Å²) < 4.78 is 4.71. The third-order valence-corrected chi connectivity index (χ3v) is 1.28. The molecule has 1 unspecified atom stereocenters. The molecule has 0 radical (unpaired) electrons. The first-order valence-corrected chi connectivity index (χ1v) is 4.37. The molecule has 6 nitrogen and oxygen atoms in total. The number of carbonyl (C=O) groups excluding carboxylic acids is 2. The third kappa shape index (κ3) is 7.51. The van der Waals surface area contributed by atoms with E-state index >= 15 is 0 Å². The molecule has 0 saturated heterocycles. The van der Waals surface area contributed by atoms with Crippen molar-refractivity contribution in [2.45, 2.75) is 26.3 Å². The van der Waals surface area contributed by atoms with Gasteiger partial charge in [0.1, 0.15) is 6.61 Å². The van der Waals surface area contributed by atoms with Crippen LogP contribution < -0.4 is 11.2 Å². The molecule has 1 amide bonds. The molecule has 0 aliphatic rings. The molecule has 0 rings (SSSR count). The summed E-state index contributed by atoms with van der Waals surface area (Å²) in [5, 5.41) is 0. The van der Waals surface area contributed by atoms with Gasteiger partial charge >= 0.3 is 5.97 Å². The molecule has 0 aliphatic carbocycles. The first-order valence-electron chi connectivity index (χ1n) is 4.37. The highest BCUT2D eigenvalue weighted by Gasteiger charge is 2.09. The van der Waals surface area contributed by atoms with Crippen LogP contribution in [0.15, 0.2) is 0 Å². The molecule has 0 fully saturated rings. The highest BCUT2D eigenvalue weighted by atomic mass is 16.6. The molecule has 6 heteroatoms. The minimum Gasteiger partial charge on any atom is -0.466 e. The first kappa shape index (κ1) is 12.9. The minimum absolute atomic E-state index is 0.187. The summed E-state index contributed by atoms with van der Waals surface area (Å²) >= 11 is 0. The van der Waals surface area contributed by atoms with Crippen molar-refractivity contribution < 1.29 is 19.2 Å². The first-order chi connectivity index (χ1) is 6.56. The number of primary amides is 1. The molecule has 0 heterocycles. The van der Waals surface area contributed by atoms with Crippen molar-refractivity contribution in [3.63, 3.8) is 0 Å². The summed E-state index contributed by atoms with van der Waals surface area (Å²) in [7, 11) is 0. The van der Waals surface area contributed by atoms with E-state index in [0.717, 1.165) is 0 Å². The van der Waals surface area contributed by atoms with Crippen LogP contribution in [0.5, 0.6) is 0 Å². The molecule has 82 valence electrons. The maximum absolute atomic E-state index is 10.9. The van der Waals surface area contributed by atoms with E-state index in [-0.39, 0.29) is 25.0 Å². The summed E-state index contributed by atoms with van der Waals surface area (Å²) in [5.41, 5.74) is 7.33. The Morgan fingerprint density at radius 2 is 2.14 bits per heavy atom. The maximum Gasteiger partial charge on any atom is 0.307 e. The van der Waals surface area contributed by atoms with Gasteiger partial charge in [-0.25, -0.2) is 0 Å². The number of hydroxylamine groups is 1. The second-order valence-electron chi connectivity index (χ2n) is 2.78. The highest BCUT2D eigenvalue weighted by molar-refractivity contribution is 5.74. The minimum atomic E-state index is -0.569. The molecule has 0 saturated carbocycles. The van der Waals surface area contributed by atoms with Gasteiger partial charge in [0.25, 0.3) is 0 Å². The predicted octanol–water partition coefficient (Wildman–Crippen LogP) is -0.665. The second-order valence-corrected chi connectivity index (χ2v) is 2.78. The third-order valence-electron chi connectivity index (χ3n) is 1.28. The van der Waals surface area contributed by atoms with E-state index in [2.05, 4.69) is 5.48 Å². The maximum atomic E-state index is 10.9. The normalized spacial score (nSPS) is 12.1. The Labute approximate surface area is 82.7 Å². The van der Waals surface area contributed by atoms with Gasteiger partial charge in [-0.3, -0.25) is 14.4 Å². The van der Waals surface area contributed by atoms with Gasteiger partial charge in [-0.1, -0.05) is 0 Å². The Balaban J connectivity index is 3.49. The van der Waals surface area contributed by atoms with Crippen LogP contribution in [0.2, 0.25) is 0 Å². The van der Waals surface area contributed by atoms with Gasteiger partial charge in [0.05, 0.1) is 13.0 Å². The number of rotatable bonds is 7. The number of nitrogens with one attached hydrogen (secondary N) is 1. The van der Waals surface area contributed by atoms with Crippen molar-refractivity contribution in [1.29, 1.82) is 0 Å². The van der Waals surface area contributed by atoms with Crippen LogP contribution in [0, 0.1) is 0 Å². The molecular formula is C8H16N2O4. The summed E-state index contributed by atoms with van der Waals surface area (Å²) in [4.78, 5) is 25.9.